The molecule has 2 aromatic carbocycles. The van der Waals surface area contributed by atoms with Crippen molar-refractivity contribution in [3.05, 3.63) is 74.9 Å². The van der Waals surface area contributed by atoms with Crippen molar-refractivity contribution in [2.75, 3.05) is 12.4 Å². The molecule has 144 valence electrons. The van der Waals surface area contributed by atoms with Gasteiger partial charge in [0, 0.05) is 18.1 Å². The average molecular weight is 482 g/mol. The summed E-state index contributed by atoms with van der Waals surface area (Å²) in [6, 6.07) is 12.0. The van der Waals surface area contributed by atoms with Gasteiger partial charge in [-0.05, 0) is 57.9 Å². The summed E-state index contributed by atoms with van der Waals surface area (Å²) in [5, 5.41) is 3.32. The molecule has 0 saturated carbocycles. The number of amides is 1. The third kappa shape index (κ3) is 5.16. The van der Waals surface area contributed by atoms with Crippen LogP contribution in [0.15, 0.2) is 59.3 Å². The molecule has 5 nitrogen and oxygen atoms in total. The summed E-state index contributed by atoms with van der Waals surface area (Å²) >= 11 is 16.0. The molecular formula is C20H15BrCl2N2O3. The largest absolute Gasteiger partial charge is 0.496 e. The van der Waals surface area contributed by atoms with Gasteiger partial charge in [0.05, 0.1) is 28.0 Å². The van der Waals surface area contributed by atoms with Crippen LogP contribution >= 0.6 is 39.1 Å². The van der Waals surface area contributed by atoms with Crippen LogP contribution in [0.1, 0.15) is 5.56 Å². The van der Waals surface area contributed by atoms with Crippen LogP contribution in [0.4, 0.5) is 5.69 Å². The molecule has 0 unspecified atom stereocenters. The van der Waals surface area contributed by atoms with Crippen LogP contribution in [-0.4, -0.2) is 18.0 Å². The maximum absolute atomic E-state index is 12.2. The van der Waals surface area contributed by atoms with Gasteiger partial charge in [0.15, 0.2) is 5.75 Å². The van der Waals surface area contributed by atoms with Crippen LogP contribution in [0.25, 0.3) is 0 Å². The quantitative estimate of drug-likeness (QED) is 0.459. The summed E-state index contributed by atoms with van der Waals surface area (Å²) in [5.74, 6) is 1.31. The molecule has 0 aliphatic carbocycles. The first-order chi connectivity index (χ1) is 13.5. The number of rotatable bonds is 6. The van der Waals surface area contributed by atoms with E-state index in [1.165, 1.54) is 0 Å². The third-order valence-electron chi connectivity index (χ3n) is 3.71. The van der Waals surface area contributed by atoms with Crippen molar-refractivity contribution >= 4 is 50.7 Å². The van der Waals surface area contributed by atoms with E-state index < -0.39 is 0 Å². The first-order valence-electron chi connectivity index (χ1n) is 8.15. The van der Waals surface area contributed by atoms with Crippen molar-refractivity contribution in [3.8, 4) is 17.2 Å². The molecule has 0 aliphatic rings. The van der Waals surface area contributed by atoms with Crippen molar-refractivity contribution in [1.29, 1.82) is 0 Å². The highest BCUT2D eigenvalue weighted by atomic mass is 79.9. The summed E-state index contributed by atoms with van der Waals surface area (Å²) in [7, 11) is 1.58. The molecule has 8 heteroatoms. The van der Waals surface area contributed by atoms with E-state index in [2.05, 4.69) is 26.2 Å². The Labute approximate surface area is 180 Å². The highest BCUT2D eigenvalue weighted by Crippen LogP contribution is 2.40. The van der Waals surface area contributed by atoms with Crippen molar-refractivity contribution in [2.24, 2.45) is 0 Å². The molecule has 1 heterocycles. The number of pyridine rings is 1. The summed E-state index contributed by atoms with van der Waals surface area (Å²) in [4.78, 5) is 16.2. The van der Waals surface area contributed by atoms with Gasteiger partial charge in [0.25, 0.3) is 0 Å². The molecule has 0 bridgehead atoms. The number of benzene rings is 2. The number of methoxy groups -OCH3 is 1. The molecule has 1 amide bonds. The minimum absolute atomic E-state index is 0.196. The zero-order valence-electron chi connectivity index (χ0n) is 14.7. The molecule has 0 aliphatic heterocycles. The lowest BCUT2D eigenvalue weighted by molar-refractivity contribution is -0.115. The Morgan fingerprint density at radius 3 is 2.54 bits per heavy atom. The second-order valence-electron chi connectivity index (χ2n) is 5.75. The standard InChI is InChI=1S/C20H15BrCl2N2O3/c1-27-18-5-4-14(10-15(18)21)28-20-16(22)8-13(9-17(20)23)25-19(26)7-12-3-2-6-24-11-12/h2-6,8-11H,7H2,1H3,(H,25,26). The second-order valence-corrected chi connectivity index (χ2v) is 7.42. The summed E-state index contributed by atoms with van der Waals surface area (Å²) < 4.78 is 11.7. The number of aromatic nitrogens is 1. The summed E-state index contributed by atoms with van der Waals surface area (Å²) in [5.41, 5.74) is 1.29. The summed E-state index contributed by atoms with van der Waals surface area (Å²) in [6.45, 7) is 0. The number of nitrogens with zero attached hydrogens (tertiary/aromatic N) is 1. The van der Waals surface area contributed by atoms with Crippen molar-refractivity contribution in [3.63, 3.8) is 0 Å². The van der Waals surface area contributed by atoms with Crippen molar-refractivity contribution in [1.82, 2.24) is 4.98 Å². The molecule has 0 spiro atoms. The fraction of sp³-hybridized carbons (Fsp3) is 0.100. The van der Waals surface area contributed by atoms with Crippen LogP contribution in [0.2, 0.25) is 10.0 Å². The molecule has 3 rings (SSSR count). The first kappa shape index (κ1) is 20.5. The van der Waals surface area contributed by atoms with E-state index in [-0.39, 0.29) is 22.4 Å². The van der Waals surface area contributed by atoms with Gasteiger partial charge < -0.3 is 14.8 Å². The molecule has 0 atom stereocenters. The molecule has 0 saturated heterocycles. The molecule has 1 aromatic heterocycles. The van der Waals surface area contributed by atoms with Gasteiger partial charge in [-0.2, -0.15) is 0 Å². The van der Waals surface area contributed by atoms with E-state index >= 15 is 0 Å². The Hall–Kier alpha value is -2.28. The van der Waals surface area contributed by atoms with Gasteiger partial charge in [0.1, 0.15) is 11.5 Å². The predicted octanol–water partition coefficient (Wildman–Crippen LogP) is 6.13. The van der Waals surface area contributed by atoms with E-state index in [9.17, 15) is 4.79 Å². The summed E-state index contributed by atoms with van der Waals surface area (Å²) in [6.07, 6.45) is 3.49. The SMILES string of the molecule is COc1ccc(Oc2c(Cl)cc(NC(=O)Cc3cccnc3)cc2Cl)cc1Br. The van der Waals surface area contributed by atoms with Crippen LogP contribution in [0.3, 0.4) is 0 Å². The molecule has 3 aromatic rings. The monoisotopic (exact) mass is 480 g/mol. The third-order valence-corrected chi connectivity index (χ3v) is 4.89. The lowest BCUT2D eigenvalue weighted by atomic mass is 10.2. The first-order valence-corrected chi connectivity index (χ1v) is 9.70. The highest BCUT2D eigenvalue weighted by molar-refractivity contribution is 9.10. The van der Waals surface area contributed by atoms with Gasteiger partial charge in [-0.1, -0.05) is 29.3 Å². The van der Waals surface area contributed by atoms with Crippen molar-refractivity contribution < 1.29 is 14.3 Å². The normalized spacial score (nSPS) is 10.4. The zero-order valence-corrected chi connectivity index (χ0v) is 17.8. The van der Waals surface area contributed by atoms with Crippen LogP contribution in [-0.2, 0) is 11.2 Å². The number of anilines is 1. The number of carbonyl (C=O) groups excluding carboxylic acids is 1. The van der Waals surface area contributed by atoms with Gasteiger partial charge in [-0.3, -0.25) is 9.78 Å². The molecule has 28 heavy (non-hydrogen) atoms. The smallest absolute Gasteiger partial charge is 0.228 e. The van der Waals surface area contributed by atoms with Crippen molar-refractivity contribution in [2.45, 2.75) is 6.42 Å². The topological polar surface area (TPSA) is 60.5 Å². The molecular weight excluding hydrogens is 467 g/mol. The van der Waals surface area contributed by atoms with Gasteiger partial charge in [0.2, 0.25) is 5.91 Å². The van der Waals surface area contributed by atoms with E-state index in [1.54, 1.807) is 55.9 Å². The molecule has 1 N–H and O–H groups in total. The van der Waals surface area contributed by atoms with Gasteiger partial charge in [-0.25, -0.2) is 0 Å². The zero-order chi connectivity index (χ0) is 20.1. The maximum atomic E-state index is 12.2. The Kier molecular flexibility index (Phi) is 6.78. The number of nitrogens with one attached hydrogen (secondary N) is 1. The van der Waals surface area contributed by atoms with E-state index in [0.717, 1.165) is 10.0 Å². The Bertz CT molecular complexity index is 977. The Morgan fingerprint density at radius 1 is 1.18 bits per heavy atom. The minimum atomic E-state index is -0.201. The Morgan fingerprint density at radius 2 is 1.93 bits per heavy atom. The van der Waals surface area contributed by atoms with Gasteiger partial charge >= 0.3 is 0 Å². The number of ether oxygens (including phenoxy) is 2. The fourth-order valence-corrected chi connectivity index (χ4v) is 3.54. The lowest BCUT2D eigenvalue weighted by Crippen LogP contribution is -2.14. The number of hydrogen-bond acceptors (Lipinski definition) is 4. The van der Waals surface area contributed by atoms with Crippen LogP contribution < -0.4 is 14.8 Å². The van der Waals surface area contributed by atoms with Crippen LogP contribution in [0.5, 0.6) is 17.2 Å². The number of hydrogen-bond donors (Lipinski definition) is 1. The van der Waals surface area contributed by atoms with E-state index in [4.69, 9.17) is 32.7 Å². The average Bonchev–Trinajstić information content (AvgIpc) is 2.65. The predicted molar refractivity (Wildman–Crippen MR) is 114 cm³/mol. The Balaban J connectivity index is 1.73. The lowest BCUT2D eigenvalue weighted by Gasteiger charge is -2.13. The van der Waals surface area contributed by atoms with E-state index in [0.29, 0.717) is 22.9 Å². The molecule has 0 fully saturated rings. The van der Waals surface area contributed by atoms with E-state index in [1.807, 2.05) is 6.07 Å². The minimum Gasteiger partial charge on any atom is -0.496 e. The second kappa shape index (κ2) is 9.28. The molecule has 0 radical (unpaired) electrons. The fourth-order valence-electron chi connectivity index (χ4n) is 2.45. The van der Waals surface area contributed by atoms with Crippen LogP contribution in [0, 0.1) is 0 Å². The number of halogens is 3. The maximum Gasteiger partial charge on any atom is 0.228 e. The highest BCUT2D eigenvalue weighted by Gasteiger charge is 2.14. The van der Waals surface area contributed by atoms with Gasteiger partial charge in [-0.15, -0.1) is 0 Å². The number of carbonyl (C=O) groups is 1.